The fraction of sp³-hybridized carbons (Fsp3) is 0.267. The maximum Gasteiger partial charge on any atom is 0.274 e. The molecule has 0 aliphatic heterocycles. The molecule has 1 saturated carbocycles. The van der Waals surface area contributed by atoms with E-state index in [4.69, 9.17) is 5.73 Å². The molecule has 1 amide bonds. The summed E-state index contributed by atoms with van der Waals surface area (Å²) < 4.78 is 1.68. The minimum Gasteiger partial charge on any atom is -0.326 e. The van der Waals surface area contributed by atoms with Gasteiger partial charge < -0.3 is 16.4 Å². The van der Waals surface area contributed by atoms with Gasteiger partial charge in [-0.2, -0.15) is 5.10 Å². The van der Waals surface area contributed by atoms with Crippen LogP contribution in [0.4, 0.5) is 5.69 Å². The second kappa shape index (κ2) is 10.5. The molecule has 1 fully saturated rings. The zero-order valence-corrected chi connectivity index (χ0v) is 20.9. The van der Waals surface area contributed by atoms with Gasteiger partial charge in [-0.15, -0.1) is 0 Å². The fourth-order valence-electron chi connectivity index (χ4n) is 4.59. The minimum atomic E-state index is -0.204. The fourth-order valence-corrected chi connectivity index (χ4v) is 4.59. The number of benzene rings is 3. The van der Waals surface area contributed by atoms with Crippen LogP contribution in [-0.4, -0.2) is 22.2 Å². The Morgan fingerprint density at radius 2 is 1.83 bits per heavy atom. The van der Waals surface area contributed by atoms with E-state index < -0.39 is 0 Å². The first-order valence-corrected chi connectivity index (χ1v) is 12.6. The Morgan fingerprint density at radius 1 is 1.03 bits per heavy atom. The van der Waals surface area contributed by atoms with E-state index in [1.165, 1.54) is 24.0 Å². The van der Waals surface area contributed by atoms with Crippen molar-refractivity contribution >= 4 is 11.6 Å². The van der Waals surface area contributed by atoms with Crippen LogP contribution >= 0.6 is 0 Å². The first kappa shape index (κ1) is 24.0. The first-order valence-electron chi connectivity index (χ1n) is 12.6. The Hall–Kier alpha value is -3.74. The first-order chi connectivity index (χ1) is 17.5. The summed E-state index contributed by atoms with van der Waals surface area (Å²) in [6.45, 7) is 5.46. The van der Waals surface area contributed by atoms with Gasteiger partial charge in [0.05, 0.1) is 17.4 Å². The molecule has 4 N–H and O–H groups in total. The smallest absolute Gasteiger partial charge is 0.274 e. The molecule has 0 saturated heterocycles. The van der Waals surface area contributed by atoms with E-state index in [1.807, 2.05) is 49.4 Å². The van der Waals surface area contributed by atoms with Crippen molar-refractivity contribution in [3.05, 3.63) is 113 Å². The third-order valence-electron chi connectivity index (χ3n) is 6.74. The van der Waals surface area contributed by atoms with Crippen molar-refractivity contribution in [2.45, 2.75) is 39.3 Å². The van der Waals surface area contributed by atoms with E-state index >= 15 is 0 Å². The molecule has 6 heteroatoms. The molecule has 0 spiro atoms. The van der Waals surface area contributed by atoms with Crippen LogP contribution in [0.3, 0.4) is 0 Å². The molecule has 1 aliphatic carbocycles. The summed E-state index contributed by atoms with van der Waals surface area (Å²) in [6.07, 6.45) is 2.59. The summed E-state index contributed by atoms with van der Waals surface area (Å²) in [4.78, 5) is 13.4. The molecule has 5 rings (SSSR count). The van der Waals surface area contributed by atoms with Crippen LogP contribution in [-0.2, 0) is 6.54 Å². The number of carbonyl (C=O) groups excluding carboxylic acids is 1. The highest BCUT2D eigenvalue weighted by Crippen LogP contribution is 2.31. The van der Waals surface area contributed by atoms with Crippen LogP contribution in [0.15, 0.2) is 78.9 Å². The van der Waals surface area contributed by atoms with Gasteiger partial charge >= 0.3 is 0 Å². The van der Waals surface area contributed by atoms with Crippen molar-refractivity contribution in [3.8, 4) is 5.69 Å². The lowest BCUT2D eigenvalue weighted by molar-refractivity contribution is 0.101. The number of anilines is 1. The molecule has 1 aliphatic rings. The lowest BCUT2D eigenvalue weighted by Gasteiger charge is -2.22. The van der Waals surface area contributed by atoms with Crippen LogP contribution in [0.25, 0.3) is 5.69 Å². The molecule has 1 heterocycles. The summed E-state index contributed by atoms with van der Waals surface area (Å²) in [5.41, 5.74) is 13.3. The van der Waals surface area contributed by atoms with Crippen molar-refractivity contribution in [2.75, 3.05) is 11.9 Å². The monoisotopic (exact) mass is 479 g/mol. The van der Waals surface area contributed by atoms with E-state index in [0.717, 1.165) is 40.7 Å². The molecule has 36 heavy (non-hydrogen) atoms. The van der Waals surface area contributed by atoms with Gasteiger partial charge in [-0.3, -0.25) is 4.79 Å². The minimum absolute atomic E-state index is 0.0652. The number of nitrogens with zero attached hydrogens (tertiary/aromatic N) is 2. The van der Waals surface area contributed by atoms with Crippen LogP contribution in [0.1, 0.15) is 57.3 Å². The highest BCUT2D eigenvalue weighted by molar-refractivity contribution is 6.03. The van der Waals surface area contributed by atoms with Crippen molar-refractivity contribution < 1.29 is 4.79 Å². The lowest BCUT2D eigenvalue weighted by Crippen LogP contribution is -2.25. The van der Waals surface area contributed by atoms with Crippen molar-refractivity contribution in [2.24, 2.45) is 11.7 Å². The highest BCUT2D eigenvalue weighted by atomic mass is 16.2. The quantitative estimate of drug-likeness (QED) is 0.305. The largest absolute Gasteiger partial charge is 0.326 e. The van der Waals surface area contributed by atoms with E-state index in [1.54, 1.807) is 4.68 Å². The highest BCUT2D eigenvalue weighted by Gasteiger charge is 2.24. The third kappa shape index (κ3) is 5.40. The zero-order chi connectivity index (χ0) is 25.1. The molecular weight excluding hydrogens is 446 g/mol. The van der Waals surface area contributed by atoms with Gasteiger partial charge in [0.25, 0.3) is 5.91 Å². The Morgan fingerprint density at radius 3 is 2.61 bits per heavy atom. The number of hydrogen-bond acceptors (Lipinski definition) is 4. The molecule has 1 aromatic heterocycles. The van der Waals surface area contributed by atoms with Crippen molar-refractivity contribution in [1.29, 1.82) is 0 Å². The van der Waals surface area contributed by atoms with Crippen LogP contribution in [0, 0.1) is 19.8 Å². The number of aryl methyl sites for hydroxylation is 2. The molecule has 0 radical (unpaired) electrons. The van der Waals surface area contributed by atoms with Gasteiger partial charge in [0, 0.05) is 12.2 Å². The van der Waals surface area contributed by atoms with Gasteiger partial charge in [-0.1, -0.05) is 48.5 Å². The normalized spacial score (nSPS) is 14.0. The van der Waals surface area contributed by atoms with Crippen molar-refractivity contribution in [1.82, 2.24) is 15.1 Å². The van der Waals surface area contributed by atoms with E-state index in [9.17, 15) is 4.79 Å². The number of amides is 1. The molecule has 184 valence electrons. The van der Waals surface area contributed by atoms with Crippen LogP contribution in [0.5, 0.6) is 0 Å². The van der Waals surface area contributed by atoms with E-state index in [0.29, 0.717) is 12.2 Å². The number of nitrogens with two attached hydrogens (primary N) is 1. The lowest BCUT2D eigenvalue weighted by atomic mass is 9.94. The molecule has 6 nitrogen and oxygen atoms in total. The zero-order valence-electron chi connectivity index (χ0n) is 20.9. The number of aromatic nitrogens is 2. The SMILES string of the molecule is Cc1cc(C(=O)Nc2cccc(C(NCC3CC3)c3ccccc3C)c2)n(-c2cccc(CN)c2)n1. The summed E-state index contributed by atoms with van der Waals surface area (Å²) in [5, 5.41) is 11.4. The molecule has 0 bridgehead atoms. The number of hydrogen-bond donors (Lipinski definition) is 3. The van der Waals surface area contributed by atoms with Crippen LogP contribution < -0.4 is 16.4 Å². The maximum absolute atomic E-state index is 13.4. The van der Waals surface area contributed by atoms with E-state index in [2.05, 4.69) is 59.1 Å². The van der Waals surface area contributed by atoms with E-state index in [-0.39, 0.29) is 11.9 Å². The Balaban J connectivity index is 1.42. The summed E-state index contributed by atoms with van der Waals surface area (Å²) in [7, 11) is 0. The average molecular weight is 480 g/mol. The van der Waals surface area contributed by atoms with Gasteiger partial charge in [-0.25, -0.2) is 4.68 Å². The molecule has 4 aromatic rings. The number of carbonyl (C=O) groups is 1. The van der Waals surface area contributed by atoms with Crippen LogP contribution in [0.2, 0.25) is 0 Å². The standard InChI is InChI=1S/C30H33N5O/c1-20-7-3-4-12-27(20)29(32-19-22-13-14-22)24-9-6-10-25(17-24)33-30(36)28-15-21(2)34-35(28)26-11-5-8-23(16-26)18-31/h3-12,15-17,22,29,32H,13-14,18-19,31H2,1-2H3,(H,33,36). The third-order valence-corrected chi connectivity index (χ3v) is 6.74. The number of nitrogens with one attached hydrogen (secondary N) is 2. The second-order valence-corrected chi connectivity index (χ2v) is 9.68. The van der Waals surface area contributed by atoms with Crippen molar-refractivity contribution in [3.63, 3.8) is 0 Å². The summed E-state index contributed by atoms with van der Waals surface area (Å²) in [6, 6.07) is 26.3. The Labute approximate surface area is 212 Å². The molecule has 1 atom stereocenters. The predicted octanol–water partition coefficient (Wildman–Crippen LogP) is 5.29. The number of rotatable bonds is 9. The predicted molar refractivity (Wildman–Crippen MR) is 144 cm³/mol. The maximum atomic E-state index is 13.4. The summed E-state index contributed by atoms with van der Waals surface area (Å²) >= 11 is 0. The van der Waals surface area contributed by atoms with Gasteiger partial charge in [0.2, 0.25) is 0 Å². The van der Waals surface area contributed by atoms with Gasteiger partial charge in [0.1, 0.15) is 5.69 Å². The summed E-state index contributed by atoms with van der Waals surface area (Å²) in [5.74, 6) is 0.560. The molecular formula is C30H33N5O. The molecule has 3 aromatic carbocycles. The molecule has 1 unspecified atom stereocenters. The Bertz CT molecular complexity index is 1370. The Kier molecular flexibility index (Phi) is 6.98. The average Bonchev–Trinajstić information content (AvgIpc) is 3.64. The second-order valence-electron chi connectivity index (χ2n) is 9.68. The van der Waals surface area contributed by atoms with Gasteiger partial charge in [-0.05, 0) is 91.7 Å². The topological polar surface area (TPSA) is 85.0 Å². The van der Waals surface area contributed by atoms with Gasteiger partial charge in [0.15, 0.2) is 0 Å².